The number of ether oxygens (including phenoxy) is 2. The second-order valence-electron chi connectivity index (χ2n) is 5.64. The van der Waals surface area contributed by atoms with Crippen molar-refractivity contribution >= 4 is 11.9 Å². The lowest BCUT2D eigenvalue weighted by molar-refractivity contribution is -0.146. The molecule has 1 aromatic rings. The minimum absolute atomic E-state index is 0.165. The molecule has 7 heteroatoms. The minimum atomic E-state index is -1.16. The maximum absolute atomic E-state index is 12.0. The first-order valence-corrected chi connectivity index (χ1v) is 7.42. The molecule has 1 rings (SSSR count). The maximum atomic E-state index is 12.0. The average Bonchev–Trinajstić information content (AvgIpc) is 2.53. The van der Waals surface area contributed by atoms with Crippen LogP contribution in [0.15, 0.2) is 18.3 Å². The summed E-state index contributed by atoms with van der Waals surface area (Å²) in [6.45, 7) is 3.80. The van der Waals surface area contributed by atoms with E-state index in [1.807, 2.05) is 13.8 Å². The van der Waals surface area contributed by atoms with Gasteiger partial charge in [-0.15, -0.1) is 0 Å². The van der Waals surface area contributed by atoms with Crippen molar-refractivity contribution in [3.05, 3.63) is 23.9 Å². The number of nitrogens with one attached hydrogen (secondary N) is 1. The van der Waals surface area contributed by atoms with Crippen molar-refractivity contribution in [3.8, 4) is 5.88 Å². The van der Waals surface area contributed by atoms with Crippen LogP contribution in [0.3, 0.4) is 0 Å². The minimum Gasteiger partial charge on any atom is -0.481 e. The predicted octanol–water partition coefficient (Wildman–Crippen LogP) is 0.697. The van der Waals surface area contributed by atoms with E-state index in [1.54, 1.807) is 18.3 Å². The first-order valence-electron chi connectivity index (χ1n) is 7.42. The van der Waals surface area contributed by atoms with Gasteiger partial charge < -0.3 is 19.9 Å². The molecule has 0 unspecified atom stereocenters. The first kappa shape index (κ1) is 18.9. The molecule has 0 saturated heterocycles. The van der Waals surface area contributed by atoms with Gasteiger partial charge in [0.2, 0.25) is 11.8 Å². The molecule has 0 radical (unpaired) electrons. The zero-order valence-corrected chi connectivity index (χ0v) is 13.9. The number of hydrogen-bond acceptors (Lipinski definition) is 6. The number of nitrogens with zero attached hydrogens (tertiary/aromatic N) is 1. The molecular weight excluding hydrogens is 300 g/mol. The number of aliphatic hydroxyl groups is 1. The average molecular weight is 324 g/mol. The lowest BCUT2D eigenvalue weighted by Crippen LogP contribution is -2.47. The van der Waals surface area contributed by atoms with Crippen LogP contribution in [-0.2, 0) is 20.7 Å². The van der Waals surface area contributed by atoms with Crippen molar-refractivity contribution in [2.24, 2.45) is 5.92 Å². The lowest BCUT2D eigenvalue weighted by Gasteiger charge is -2.19. The fourth-order valence-corrected chi connectivity index (χ4v) is 2.05. The van der Waals surface area contributed by atoms with Gasteiger partial charge in [-0.25, -0.2) is 9.78 Å². The number of pyridine rings is 1. The predicted molar refractivity (Wildman–Crippen MR) is 83.9 cm³/mol. The molecule has 0 aliphatic rings. The monoisotopic (exact) mass is 324 g/mol. The molecule has 1 amide bonds. The van der Waals surface area contributed by atoms with Gasteiger partial charge in [-0.2, -0.15) is 0 Å². The molecule has 0 aliphatic carbocycles. The van der Waals surface area contributed by atoms with Crippen LogP contribution in [0.1, 0.15) is 25.8 Å². The van der Waals surface area contributed by atoms with E-state index in [0.717, 1.165) is 5.56 Å². The Morgan fingerprint density at radius 1 is 1.30 bits per heavy atom. The highest BCUT2D eigenvalue weighted by Crippen LogP contribution is 2.10. The van der Waals surface area contributed by atoms with E-state index < -0.39 is 24.0 Å². The van der Waals surface area contributed by atoms with E-state index in [1.165, 1.54) is 14.2 Å². The quantitative estimate of drug-likeness (QED) is 0.683. The van der Waals surface area contributed by atoms with E-state index in [-0.39, 0.29) is 12.3 Å². The maximum Gasteiger partial charge on any atom is 0.328 e. The molecule has 2 N–H and O–H groups in total. The third kappa shape index (κ3) is 6.23. The Morgan fingerprint density at radius 2 is 2.00 bits per heavy atom. The second-order valence-corrected chi connectivity index (χ2v) is 5.64. The van der Waals surface area contributed by atoms with Crippen molar-refractivity contribution in [1.82, 2.24) is 10.3 Å². The zero-order chi connectivity index (χ0) is 17.4. The zero-order valence-electron chi connectivity index (χ0n) is 13.9. The molecule has 0 bridgehead atoms. The summed E-state index contributed by atoms with van der Waals surface area (Å²) in [6, 6.07) is 2.53. The van der Waals surface area contributed by atoms with Gasteiger partial charge in [0.1, 0.15) is 12.1 Å². The van der Waals surface area contributed by atoms with Crippen LogP contribution < -0.4 is 10.1 Å². The summed E-state index contributed by atoms with van der Waals surface area (Å²) in [4.78, 5) is 27.9. The molecule has 0 spiro atoms. The Balaban J connectivity index is 2.75. The Labute approximate surface area is 136 Å². The summed E-state index contributed by atoms with van der Waals surface area (Å²) in [6.07, 6.45) is 0.940. The number of carbonyl (C=O) groups is 2. The summed E-state index contributed by atoms with van der Waals surface area (Å²) >= 11 is 0. The topological polar surface area (TPSA) is 97.8 Å². The van der Waals surface area contributed by atoms with Gasteiger partial charge in [-0.1, -0.05) is 19.9 Å². The molecule has 0 aromatic carbocycles. The van der Waals surface area contributed by atoms with Crippen LogP contribution >= 0.6 is 0 Å². The van der Waals surface area contributed by atoms with E-state index in [0.29, 0.717) is 12.3 Å². The van der Waals surface area contributed by atoms with Crippen LogP contribution in [-0.4, -0.2) is 48.3 Å². The van der Waals surface area contributed by atoms with E-state index >= 15 is 0 Å². The molecular formula is C16H24N2O5. The lowest BCUT2D eigenvalue weighted by atomic mass is 10.0. The van der Waals surface area contributed by atoms with Crippen molar-refractivity contribution < 1.29 is 24.2 Å². The Morgan fingerprint density at radius 3 is 2.48 bits per heavy atom. The van der Waals surface area contributed by atoms with Gasteiger partial charge in [0.15, 0.2) is 0 Å². The van der Waals surface area contributed by atoms with Gasteiger partial charge >= 0.3 is 5.97 Å². The molecule has 0 saturated carbocycles. The van der Waals surface area contributed by atoms with Crippen molar-refractivity contribution in [3.63, 3.8) is 0 Å². The number of aliphatic hydroxyl groups excluding tert-OH is 1. The highest BCUT2D eigenvalue weighted by Gasteiger charge is 2.25. The molecule has 2 atom stereocenters. The third-order valence-corrected chi connectivity index (χ3v) is 3.25. The summed E-state index contributed by atoms with van der Waals surface area (Å²) in [5.41, 5.74) is 0.736. The van der Waals surface area contributed by atoms with E-state index in [2.05, 4.69) is 10.3 Å². The largest absolute Gasteiger partial charge is 0.481 e. The number of rotatable bonds is 8. The van der Waals surface area contributed by atoms with E-state index in [4.69, 9.17) is 9.47 Å². The molecule has 128 valence electrons. The van der Waals surface area contributed by atoms with Crippen molar-refractivity contribution in [2.75, 3.05) is 14.2 Å². The fourth-order valence-electron chi connectivity index (χ4n) is 2.05. The van der Waals surface area contributed by atoms with Crippen molar-refractivity contribution in [2.45, 2.75) is 38.8 Å². The number of hydrogen-bond donors (Lipinski definition) is 2. The number of esters is 1. The standard InChI is InChI=1S/C16H24N2O5/c1-10(2)7-13(19)15(20)18-12(16(21)23-4)8-11-5-6-14(22-3)17-9-11/h5-6,9-10,12-13,19H,7-8H2,1-4H3,(H,18,20)/t12-,13-/m1/s1. The Hall–Kier alpha value is -2.15. The normalized spacial score (nSPS) is 13.3. The van der Waals surface area contributed by atoms with Crippen molar-refractivity contribution in [1.29, 1.82) is 0 Å². The number of methoxy groups -OCH3 is 2. The highest BCUT2D eigenvalue weighted by molar-refractivity contribution is 5.86. The Kier molecular flexibility index (Phi) is 7.47. The van der Waals surface area contributed by atoms with Gasteiger partial charge in [0.25, 0.3) is 0 Å². The summed E-state index contributed by atoms with van der Waals surface area (Å²) < 4.78 is 9.68. The smallest absolute Gasteiger partial charge is 0.328 e. The van der Waals surface area contributed by atoms with Crippen LogP contribution in [0.4, 0.5) is 0 Å². The molecule has 7 nitrogen and oxygen atoms in total. The molecule has 0 aliphatic heterocycles. The van der Waals surface area contributed by atoms with Gasteiger partial charge in [-0.3, -0.25) is 4.79 Å². The fraction of sp³-hybridized carbons (Fsp3) is 0.562. The highest BCUT2D eigenvalue weighted by atomic mass is 16.5. The van der Waals surface area contributed by atoms with Crippen LogP contribution in [0, 0.1) is 5.92 Å². The summed E-state index contributed by atoms with van der Waals surface area (Å²) in [5, 5.41) is 12.4. The van der Waals surface area contributed by atoms with Gasteiger partial charge in [-0.05, 0) is 17.9 Å². The summed E-state index contributed by atoms with van der Waals surface area (Å²) in [5.74, 6) is -0.542. The third-order valence-electron chi connectivity index (χ3n) is 3.25. The van der Waals surface area contributed by atoms with E-state index in [9.17, 15) is 14.7 Å². The molecule has 0 fully saturated rings. The second kappa shape index (κ2) is 9.09. The van der Waals surface area contributed by atoms with Crippen LogP contribution in [0.5, 0.6) is 5.88 Å². The Bertz CT molecular complexity index is 516. The molecule has 1 aromatic heterocycles. The molecule has 23 heavy (non-hydrogen) atoms. The van der Waals surface area contributed by atoms with Gasteiger partial charge in [0.05, 0.1) is 14.2 Å². The van der Waals surface area contributed by atoms with Crippen LogP contribution in [0.2, 0.25) is 0 Å². The number of aromatic nitrogens is 1. The van der Waals surface area contributed by atoms with Crippen LogP contribution in [0.25, 0.3) is 0 Å². The number of amides is 1. The first-order chi connectivity index (χ1) is 10.9. The summed E-state index contributed by atoms with van der Waals surface area (Å²) in [7, 11) is 2.76. The number of carbonyl (C=O) groups excluding carboxylic acids is 2. The van der Waals surface area contributed by atoms with Gasteiger partial charge in [0, 0.05) is 18.7 Å². The molecule has 1 heterocycles. The SMILES string of the molecule is COC(=O)[C@@H](Cc1ccc(OC)nc1)NC(=O)[C@H](O)CC(C)C.